The summed E-state index contributed by atoms with van der Waals surface area (Å²) in [5.41, 5.74) is 2.16. The van der Waals surface area contributed by atoms with Crippen molar-refractivity contribution in [2.45, 2.75) is 12.5 Å². The molecule has 0 saturated carbocycles. The Morgan fingerprint density at radius 1 is 0.889 bits per heavy atom. The molecule has 0 fully saturated rings. The summed E-state index contributed by atoms with van der Waals surface area (Å²) >= 11 is 0. The first-order valence-corrected chi connectivity index (χ1v) is 10.8. The summed E-state index contributed by atoms with van der Waals surface area (Å²) in [6.45, 7) is 0.345. The van der Waals surface area contributed by atoms with Crippen LogP contribution in [-0.2, 0) is 16.4 Å². The number of sulfonamides is 1. The highest BCUT2D eigenvalue weighted by Gasteiger charge is 2.20. The molecule has 0 aromatic heterocycles. The Hall–Kier alpha value is -2.21. The fourth-order valence-electron chi connectivity index (χ4n) is 3.29. The van der Waals surface area contributed by atoms with Gasteiger partial charge in [-0.3, -0.25) is 0 Å². The molecular weight excluding hydrogens is 356 g/mol. The molecule has 0 radical (unpaired) electrons. The number of fused-ring (bicyclic) bond motifs is 1. The third kappa shape index (κ3) is 5.16. The van der Waals surface area contributed by atoms with Crippen molar-refractivity contribution in [1.29, 1.82) is 0 Å². The van der Waals surface area contributed by atoms with Gasteiger partial charge in [-0.25, -0.2) is 13.1 Å². The Balaban J connectivity index is 1.73. The quantitative estimate of drug-likeness (QED) is 0.648. The van der Waals surface area contributed by atoms with Gasteiger partial charge in [-0.1, -0.05) is 72.8 Å². The number of nitrogens with zero attached hydrogens (tertiary/aromatic N) is 1. The van der Waals surface area contributed by atoms with E-state index in [2.05, 4.69) is 33.9 Å². The second-order valence-corrected chi connectivity index (χ2v) is 8.88. The van der Waals surface area contributed by atoms with Crippen molar-refractivity contribution in [3.05, 3.63) is 83.9 Å². The van der Waals surface area contributed by atoms with E-state index in [0.717, 1.165) is 21.9 Å². The smallest absolute Gasteiger partial charge is 0.211 e. The van der Waals surface area contributed by atoms with Gasteiger partial charge in [0.15, 0.2) is 0 Å². The Morgan fingerprint density at radius 3 is 2.30 bits per heavy atom. The SMILES string of the molecule is CN(C)[C@@H](CNS(=O)(=O)CCc1ccccc1)c1cccc2ccccc12. The van der Waals surface area contributed by atoms with Gasteiger partial charge in [-0.15, -0.1) is 0 Å². The zero-order valence-electron chi connectivity index (χ0n) is 15.8. The maximum atomic E-state index is 12.5. The highest BCUT2D eigenvalue weighted by Crippen LogP contribution is 2.26. The Labute approximate surface area is 161 Å². The molecule has 5 heteroatoms. The van der Waals surface area contributed by atoms with Crippen LogP contribution in [0.15, 0.2) is 72.8 Å². The fourth-order valence-corrected chi connectivity index (χ4v) is 4.35. The van der Waals surface area contributed by atoms with E-state index < -0.39 is 10.0 Å². The summed E-state index contributed by atoms with van der Waals surface area (Å²) in [4.78, 5) is 2.06. The molecule has 0 aliphatic carbocycles. The number of rotatable bonds is 8. The Morgan fingerprint density at radius 2 is 1.56 bits per heavy atom. The van der Waals surface area contributed by atoms with Crippen molar-refractivity contribution >= 4 is 20.8 Å². The molecule has 0 unspecified atom stereocenters. The van der Waals surface area contributed by atoms with Gasteiger partial charge in [0, 0.05) is 12.6 Å². The summed E-state index contributed by atoms with van der Waals surface area (Å²) in [5.74, 6) is 0.0900. The van der Waals surface area contributed by atoms with Crippen LogP contribution in [0.3, 0.4) is 0 Å². The maximum absolute atomic E-state index is 12.5. The van der Waals surface area contributed by atoms with Crippen LogP contribution < -0.4 is 4.72 Å². The lowest BCUT2D eigenvalue weighted by Crippen LogP contribution is -2.36. The second-order valence-electron chi connectivity index (χ2n) is 6.95. The van der Waals surface area contributed by atoms with Crippen molar-refractivity contribution < 1.29 is 8.42 Å². The lowest BCUT2D eigenvalue weighted by molar-refractivity contribution is 0.301. The van der Waals surface area contributed by atoms with Crippen molar-refractivity contribution in [2.75, 3.05) is 26.4 Å². The molecule has 0 spiro atoms. The van der Waals surface area contributed by atoms with Crippen molar-refractivity contribution in [1.82, 2.24) is 9.62 Å². The molecule has 3 aromatic carbocycles. The standard InChI is InChI=1S/C22H26N2O2S/c1-24(2)22(21-14-8-12-19-11-6-7-13-20(19)21)17-23-27(25,26)16-15-18-9-4-3-5-10-18/h3-14,22-23H,15-17H2,1-2H3/t22-/m0/s1. The topological polar surface area (TPSA) is 49.4 Å². The average molecular weight is 383 g/mol. The van der Waals surface area contributed by atoms with Crippen LogP contribution in [-0.4, -0.2) is 39.7 Å². The predicted molar refractivity (Wildman–Crippen MR) is 112 cm³/mol. The molecule has 0 saturated heterocycles. The van der Waals surface area contributed by atoms with E-state index in [1.54, 1.807) is 0 Å². The lowest BCUT2D eigenvalue weighted by Gasteiger charge is -2.26. The van der Waals surface area contributed by atoms with E-state index in [0.29, 0.717) is 13.0 Å². The summed E-state index contributed by atoms with van der Waals surface area (Å²) in [6, 6.07) is 24.0. The summed E-state index contributed by atoms with van der Waals surface area (Å²) in [7, 11) is 0.607. The van der Waals surface area contributed by atoms with Crippen molar-refractivity contribution in [2.24, 2.45) is 0 Å². The minimum absolute atomic E-state index is 0.0393. The third-order valence-electron chi connectivity index (χ3n) is 4.80. The molecule has 0 amide bonds. The first kappa shape index (κ1) is 19.5. The second kappa shape index (κ2) is 8.65. The van der Waals surface area contributed by atoms with Crippen molar-refractivity contribution in [3.8, 4) is 0 Å². The van der Waals surface area contributed by atoms with Crippen LogP contribution in [0.1, 0.15) is 17.2 Å². The van der Waals surface area contributed by atoms with Crippen LogP contribution >= 0.6 is 0 Å². The highest BCUT2D eigenvalue weighted by atomic mass is 32.2. The van der Waals surface area contributed by atoms with Crippen LogP contribution in [0, 0.1) is 0 Å². The number of nitrogens with one attached hydrogen (secondary N) is 1. The number of hydrogen-bond acceptors (Lipinski definition) is 3. The van der Waals surface area contributed by atoms with Gasteiger partial charge >= 0.3 is 0 Å². The third-order valence-corrected chi connectivity index (χ3v) is 6.15. The van der Waals surface area contributed by atoms with Crippen LogP contribution in [0.2, 0.25) is 0 Å². The summed E-state index contributed by atoms with van der Waals surface area (Å²) < 4.78 is 27.8. The van der Waals surface area contributed by atoms with Crippen LogP contribution in [0.4, 0.5) is 0 Å². The highest BCUT2D eigenvalue weighted by molar-refractivity contribution is 7.89. The molecule has 3 rings (SSSR count). The van der Waals surface area contributed by atoms with Gasteiger partial charge in [-0.2, -0.15) is 0 Å². The molecule has 4 nitrogen and oxygen atoms in total. The van der Waals surface area contributed by atoms with Gasteiger partial charge in [0.2, 0.25) is 10.0 Å². The van der Waals surface area contributed by atoms with Crippen LogP contribution in [0.5, 0.6) is 0 Å². The van der Waals surface area contributed by atoms with Gasteiger partial charge in [0.25, 0.3) is 0 Å². The molecular formula is C22H26N2O2S. The monoisotopic (exact) mass is 382 g/mol. The molecule has 1 atom stereocenters. The van der Waals surface area contributed by atoms with Gasteiger partial charge in [0.1, 0.15) is 0 Å². The Kier molecular flexibility index (Phi) is 6.26. The minimum atomic E-state index is -3.35. The first-order chi connectivity index (χ1) is 13.0. The largest absolute Gasteiger partial charge is 0.301 e. The van der Waals surface area contributed by atoms with E-state index in [4.69, 9.17) is 0 Å². The molecule has 0 aliphatic heterocycles. The fraction of sp³-hybridized carbons (Fsp3) is 0.273. The molecule has 27 heavy (non-hydrogen) atoms. The average Bonchev–Trinajstić information content (AvgIpc) is 2.67. The number of aryl methyl sites for hydroxylation is 1. The Bertz CT molecular complexity index is 980. The zero-order valence-corrected chi connectivity index (χ0v) is 16.6. The molecule has 142 valence electrons. The van der Waals surface area contributed by atoms with E-state index in [-0.39, 0.29) is 11.8 Å². The molecule has 0 aliphatic rings. The molecule has 1 N–H and O–H groups in total. The number of benzene rings is 3. The normalized spacial score (nSPS) is 13.1. The van der Waals surface area contributed by atoms with E-state index in [1.807, 2.05) is 62.6 Å². The van der Waals surface area contributed by atoms with Gasteiger partial charge in [0.05, 0.1) is 5.75 Å². The molecule has 0 heterocycles. The predicted octanol–water partition coefficient (Wildman–Crippen LogP) is 3.60. The number of likely N-dealkylation sites (N-methyl/N-ethyl adjacent to an activating group) is 1. The zero-order chi connectivity index (χ0) is 19.3. The summed E-state index contributed by atoms with van der Waals surface area (Å²) in [5, 5.41) is 2.32. The minimum Gasteiger partial charge on any atom is -0.301 e. The summed E-state index contributed by atoms with van der Waals surface area (Å²) in [6.07, 6.45) is 0.511. The molecule has 0 bridgehead atoms. The lowest BCUT2D eigenvalue weighted by atomic mass is 9.98. The van der Waals surface area contributed by atoms with Crippen LogP contribution in [0.25, 0.3) is 10.8 Å². The first-order valence-electron chi connectivity index (χ1n) is 9.11. The van der Waals surface area contributed by atoms with Gasteiger partial charge in [-0.05, 0) is 42.4 Å². The number of hydrogen-bond donors (Lipinski definition) is 1. The molecule has 3 aromatic rings. The van der Waals surface area contributed by atoms with E-state index >= 15 is 0 Å². The maximum Gasteiger partial charge on any atom is 0.211 e. The van der Waals surface area contributed by atoms with Gasteiger partial charge < -0.3 is 4.90 Å². The van der Waals surface area contributed by atoms with E-state index in [1.165, 1.54) is 0 Å². The van der Waals surface area contributed by atoms with E-state index in [9.17, 15) is 8.42 Å². The van der Waals surface area contributed by atoms with Crippen molar-refractivity contribution in [3.63, 3.8) is 0 Å².